The third-order valence-corrected chi connectivity index (χ3v) is 10.2. The molecule has 11 nitrogen and oxygen atoms in total. The number of ether oxygens (including phenoxy) is 6. The highest BCUT2D eigenvalue weighted by atomic mass is 17.2. The number of carbonyl (C=O) groups is 3. The predicted molar refractivity (Wildman–Crippen MR) is 264 cm³/mol. The molecule has 0 aromatic heterocycles. The van der Waals surface area contributed by atoms with E-state index in [1.165, 1.54) is 16.7 Å². The van der Waals surface area contributed by atoms with Crippen molar-refractivity contribution in [1.29, 1.82) is 0 Å². The summed E-state index contributed by atoms with van der Waals surface area (Å²) in [5.74, 6) is 12.4. The number of hydrogen-bond donors (Lipinski definition) is 0. The molecule has 0 N–H and O–H groups in total. The van der Waals surface area contributed by atoms with E-state index < -0.39 is 24.0 Å². The van der Waals surface area contributed by atoms with E-state index in [-0.39, 0.29) is 57.6 Å². The van der Waals surface area contributed by atoms with Crippen molar-refractivity contribution in [1.82, 2.24) is 0 Å². The summed E-state index contributed by atoms with van der Waals surface area (Å²) in [7, 11) is 0. The third kappa shape index (κ3) is 18.6. The molecular weight excluding hydrogens is 849 g/mol. The lowest BCUT2D eigenvalue weighted by atomic mass is 9.71. The molecule has 11 heteroatoms. The number of rotatable bonds is 14. The van der Waals surface area contributed by atoms with Crippen LogP contribution < -0.4 is 9.47 Å². The predicted octanol–water partition coefficient (Wildman–Crippen LogP) is 10.6. The van der Waals surface area contributed by atoms with Crippen LogP contribution in [0.3, 0.4) is 0 Å². The first-order valence-electron chi connectivity index (χ1n) is 23.7. The fourth-order valence-electron chi connectivity index (χ4n) is 7.37. The van der Waals surface area contributed by atoms with Gasteiger partial charge in [0.1, 0.15) is 30.8 Å². The molecule has 0 radical (unpaired) electrons. The molecule has 1 heterocycles. The first-order chi connectivity index (χ1) is 32.8. The van der Waals surface area contributed by atoms with E-state index in [4.69, 9.17) is 38.2 Å². The Morgan fingerprint density at radius 1 is 0.731 bits per heavy atom. The maximum atomic E-state index is 11.5. The van der Waals surface area contributed by atoms with E-state index in [9.17, 15) is 14.4 Å². The Kier molecular flexibility index (Phi) is 28.4. The van der Waals surface area contributed by atoms with Crippen molar-refractivity contribution in [3.8, 4) is 35.2 Å². The zero-order chi connectivity index (χ0) is 49.4. The Labute approximate surface area is 400 Å². The third-order valence-electron chi connectivity index (χ3n) is 10.2. The molecule has 2 aliphatic carbocycles. The average Bonchev–Trinajstić information content (AvgIpc) is 3.46. The molecule has 0 saturated heterocycles. The van der Waals surface area contributed by atoms with E-state index in [1.807, 2.05) is 91.8 Å². The number of hydrogen-bond acceptors (Lipinski definition) is 11. The second kappa shape index (κ2) is 33.4. The molecular formula is C56H72O11. The van der Waals surface area contributed by atoms with Crippen molar-refractivity contribution in [3.05, 3.63) is 132 Å². The number of benzene rings is 3. The molecule has 0 fully saturated rings. The van der Waals surface area contributed by atoms with Crippen LogP contribution in [0.5, 0.6) is 11.5 Å². The second-order valence-electron chi connectivity index (χ2n) is 14.1. The molecule has 67 heavy (non-hydrogen) atoms. The number of fused-ring (bicyclic) bond motifs is 7. The molecule has 0 amide bonds. The Morgan fingerprint density at radius 3 is 2.09 bits per heavy atom. The van der Waals surface area contributed by atoms with E-state index in [1.54, 1.807) is 0 Å². The summed E-state index contributed by atoms with van der Waals surface area (Å²) >= 11 is 0. The van der Waals surface area contributed by atoms with E-state index >= 15 is 0 Å². The Balaban J connectivity index is 0.00000183. The molecule has 0 saturated carbocycles. The van der Waals surface area contributed by atoms with Crippen molar-refractivity contribution in [3.63, 3.8) is 0 Å². The maximum Gasteiger partial charge on any atom is 0.331 e. The standard InChI is InChI=1S/C48H48O11.4C2H6/c1-4-44(49)53-24-7-10-33-14-20-40-36(28-33)16-22-42-47(40)48-41-21-15-34(11-8-25-54-45(50)5-2)29-37(41)17-23-43(48)57-32-39(31-56-42)59-58-30-35-12-18-38(19-13-35)52-26-9-27-55-46(51)6-3;4*1-2/h4-6,12-14,17-20,23,28,34,39,42,47H,1-3,9,15-16,21-22,24-27,29-32H2;4*1-2H3/t34-,39?,42+,47-;;;;/m0..../s1. The van der Waals surface area contributed by atoms with Crippen molar-refractivity contribution in [2.45, 2.75) is 119 Å². The minimum absolute atomic E-state index is 0.0178. The smallest absolute Gasteiger partial charge is 0.331 e. The lowest BCUT2D eigenvalue weighted by molar-refractivity contribution is -0.343. The number of aryl methyl sites for hydroxylation is 1. The van der Waals surface area contributed by atoms with Gasteiger partial charge in [-0.3, -0.25) is 0 Å². The molecule has 0 spiro atoms. The highest BCUT2D eigenvalue weighted by Gasteiger charge is 2.38. The molecule has 0 bridgehead atoms. The monoisotopic (exact) mass is 921 g/mol. The zero-order valence-corrected chi connectivity index (χ0v) is 41.0. The molecule has 3 aromatic rings. The van der Waals surface area contributed by atoms with Gasteiger partial charge in [0.15, 0.2) is 13.2 Å². The van der Waals surface area contributed by atoms with E-state index in [0.717, 1.165) is 78.3 Å². The van der Waals surface area contributed by atoms with Crippen molar-refractivity contribution < 1.29 is 52.6 Å². The van der Waals surface area contributed by atoms with Gasteiger partial charge in [-0.25, -0.2) is 24.2 Å². The Morgan fingerprint density at radius 2 is 1.40 bits per heavy atom. The summed E-state index contributed by atoms with van der Waals surface area (Å²) in [6.45, 7) is 27.6. The summed E-state index contributed by atoms with van der Waals surface area (Å²) in [5.41, 5.74) is 7.66. The van der Waals surface area contributed by atoms with Gasteiger partial charge < -0.3 is 28.4 Å². The summed E-state index contributed by atoms with van der Waals surface area (Å²) < 4.78 is 34.2. The second-order valence-corrected chi connectivity index (χ2v) is 14.1. The van der Waals surface area contributed by atoms with Crippen LogP contribution in [-0.2, 0) is 69.0 Å². The lowest BCUT2D eigenvalue weighted by Gasteiger charge is -2.37. The van der Waals surface area contributed by atoms with Gasteiger partial charge in [-0.2, -0.15) is 0 Å². The quantitative estimate of drug-likeness (QED) is 0.0292. The van der Waals surface area contributed by atoms with Gasteiger partial charge in [0.2, 0.25) is 0 Å². The SMILES string of the molecule is C=CC(=O)OCC#Cc1ccc2c(c1)CC[C@H]1OCC(OOCc3ccc(OCCCOC(=O)C=C)cc3)COc3ccc4c(c3[C@@H]21)CC[C@H](C#CCOC(=O)C=C)C4.CC.CC.CC.CC. The zero-order valence-electron chi connectivity index (χ0n) is 41.0. The van der Waals surface area contributed by atoms with E-state index in [0.29, 0.717) is 18.8 Å². The van der Waals surface area contributed by atoms with Crippen LogP contribution in [0.25, 0.3) is 0 Å². The fraction of sp³-hybridized carbons (Fsp3) is 0.446. The summed E-state index contributed by atoms with van der Waals surface area (Å²) in [4.78, 5) is 45.8. The minimum Gasteiger partial charge on any atom is -0.493 e. The highest BCUT2D eigenvalue weighted by molar-refractivity contribution is 5.82. The molecule has 362 valence electrons. The van der Waals surface area contributed by atoms with Crippen molar-refractivity contribution in [2.24, 2.45) is 5.92 Å². The summed E-state index contributed by atoms with van der Waals surface area (Å²) in [6.07, 6.45) is 7.27. The fourth-order valence-corrected chi connectivity index (χ4v) is 7.37. The normalized spacial score (nSPS) is 16.9. The van der Waals surface area contributed by atoms with Gasteiger partial charge in [0.25, 0.3) is 0 Å². The van der Waals surface area contributed by atoms with Crippen LogP contribution in [0.4, 0.5) is 0 Å². The van der Waals surface area contributed by atoms with Gasteiger partial charge in [0, 0.05) is 47.6 Å². The number of esters is 3. The summed E-state index contributed by atoms with van der Waals surface area (Å²) in [5, 5.41) is 0. The van der Waals surface area contributed by atoms with Crippen LogP contribution in [0.1, 0.15) is 120 Å². The summed E-state index contributed by atoms with van der Waals surface area (Å²) in [6, 6.07) is 17.9. The Bertz CT molecular complexity index is 2130. The first kappa shape index (κ1) is 57.0. The molecule has 4 atom stereocenters. The first-order valence-corrected chi connectivity index (χ1v) is 23.7. The number of carbonyl (C=O) groups excluding carboxylic acids is 3. The van der Waals surface area contributed by atoms with Crippen LogP contribution in [0.15, 0.2) is 92.6 Å². The Hall–Kier alpha value is -6.11. The van der Waals surface area contributed by atoms with Crippen molar-refractivity contribution in [2.75, 3.05) is 39.6 Å². The minimum atomic E-state index is -0.511. The van der Waals surface area contributed by atoms with Crippen LogP contribution in [0, 0.1) is 29.6 Å². The molecule has 1 unspecified atom stereocenters. The molecule has 3 aromatic carbocycles. The molecule has 6 rings (SSSR count). The van der Waals surface area contributed by atoms with Crippen molar-refractivity contribution >= 4 is 17.9 Å². The van der Waals surface area contributed by atoms with Gasteiger partial charge in [-0.05, 0) is 90.3 Å². The van der Waals surface area contributed by atoms with Gasteiger partial charge >= 0.3 is 17.9 Å². The van der Waals surface area contributed by atoms with E-state index in [2.05, 4.69) is 61.6 Å². The maximum absolute atomic E-state index is 11.5. The van der Waals surface area contributed by atoms with Gasteiger partial charge in [-0.1, -0.05) is 123 Å². The largest absolute Gasteiger partial charge is 0.493 e. The topological polar surface area (TPSA) is 125 Å². The van der Waals surface area contributed by atoms with Gasteiger partial charge in [0.05, 0.1) is 25.9 Å². The van der Waals surface area contributed by atoms with Crippen LogP contribution >= 0.6 is 0 Å². The molecule has 3 aliphatic rings. The molecule has 1 aliphatic heterocycles. The van der Waals surface area contributed by atoms with Crippen LogP contribution in [0.2, 0.25) is 0 Å². The lowest BCUT2D eigenvalue weighted by Crippen LogP contribution is -2.33. The average molecular weight is 921 g/mol. The van der Waals surface area contributed by atoms with Crippen LogP contribution in [-0.4, -0.2) is 69.8 Å². The highest BCUT2D eigenvalue weighted by Crippen LogP contribution is 2.47. The van der Waals surface area contributed by atoms with Gasteiger partial charge in [-0.15, -0.1) is 0 Å².